The highest BCUT2D eigenvalue weighted by molar-refractivity contribution is 7.43. The Morgan fingerprint density at radius 3 is 1.46 bits per heavy atom. The van der Waals surface area contributed by atoms with Gasteiger partial charge in [0.2, 0.25) is 0 Å². The van der Waals surface area contributed by atoms with Crippen LogP contribution >= 0.6 is 7.82 Å². The predicted molar refractivity (Wildman–Crippen MR) is 144 cm³/mol. The first kappa shape index (κ1) is 24.7. The van der Waals surface area contributed by atoms with Gasteiger partial charge in [-0.15, -0.1) is 0 Å². The molecule has 5 heteroatoms. The van der Waals surface area contributed by atoms with Crippen LogP contribution in [-0.2, 0) is 17.4 Å². The van der Waals surface area contributed by atoms with Crippen LogP contribution < -0.4 is 14.3 Å². The minimum Gasteiger partial charge on any atom is -0.780 e. The largest absolute Gasteiger partial charge is 0.780 e. The summed E-state index contributed by atoms with van der Waals surface area (Å²) < 4.78 is 16.5. The monoisotopic (exact) mass is 504 g/mol. The van der Waals surface area contributed by atoms with Crippen LogP contribution in [0, 0.1) is 0 Å². The predicted octanol–water partition coefficient (Wildman–Crippen LogP) is 6.41. The summed E-state index contributed by atoms with van der Waals surface area (Å²) in [6.07, 6.45) is 1.60. The second-order valence-electron chi connectivity index (χ2n) is 8.94. The number of phosphoric acid groups is 1. The van der Waals surface area contributed by atoms with Crippen molar-refractivity contribution in [1.82, 2.24) is 0 Å². The van der Waals surface area contributed by atoms with Gasteiger partial charge >= 0.3 is 0 Å². The first-order valence-electron chi connectivity index (χ1n) is 12.1. The summed E-state index contributed by atoms with van der Waals surface area (Å²) in [7, 11) is -5.25. The summed E-state index contributed by atoms with van der Waals surface area (Å²) in [5.41, 5.74) is 7.74. The van der Waals surface area contributed by atoms with Gasteiger partial charge in [-0.2, -0.15) is 0 Å². The van der Waals surface area contributed by atoms with Gasteiger partial charge in [0, 0.05) is 5.56 Å². The van der Waals surface area contributed by atoms with E-state index in [1.165, 1.54) is 17.2 Å². The molecule has 37 heavy (non-hydrogen) atoms. The number of benzene rings is 5. The van der Waals surface area contributed by atoms with Crippen molar-refractivity contribution in [1.29, 1.82) is 0 Å². The van der Waals surface area contributed by atoms with Crippen molar-refractivity contribution in [2.75, 3.05) is 0 Å². The highest BCUT2D eigenvalue weighted by Crippen LogP contribution is 2.43. The van der Waals surface area contributed by atoms with Crippen molar-refractivity contribution in [3.63, 3.8) is 0 Å². The van der Waals surface area contributed by atoms with Gasteiger partial charge in [0.1, 0.15) is 13.6 Å². The molecule has 0 atom stereocenters. The summed E-state index contributed by atoms with van der Waals surface area (Å²) in [5.74, 6) is 0.0232. The van der Waals surface area contributed by atoms with E-state index < -0.39 is 7.82 Å². The molecule has 0 aliphatic heterocycles. The zero-order valence-corrected chi connectivity index (χ0v) is 21.0. The highest BCUT2D eigenvalue weighted by Gasteiger charge is 2.15. The van der Waals surface area contributed by atoms with Gasteiger partial charge in [-0.05, 0) is 57.9 Å². The zero-order valence-electron chi connectivity index (χ0n) is 20.1. The van der Waals surface area contributed by atoms with Crippen molar-refractivity contribution in [3.05, 3.63) is 150 Å². The molecule has 0 saturated carbocycles. The van der Waals surface area contributed by atoms with Crippen LogP contribution in [0.2, 0.25) is 0 Å². The summed E-state index contributed by atoms with van der Waals surface area (Å²) in [5, 5.41) is 0. The van der Waals surface area contributed by atoms with E-state index in [9.17, 15) is 14.4 Å². The van der Waals surface area contributed by atoms with Gasteiger partial charge in [-0.3, -0.25) is 0 Å². The van der Waals surface area contributed by atoms with E-state index in [2.05, 4.69) is 36.4 Å². The van der Waals surface area contributed by atoms with Gasteiger partial charge in [0.15, 0.2) is 0 Å². The Morgan fingerprint density at radius 2 is 0.973 bits per heavy atom. The maximum atomic E-state index is 11.6. The molecule has 0 aliphatic carbocycles. The van der Waals surface area contributed by atoms with Crippen LogP contribution in [0.5, 0.6) is 5.75 Å². The fourth-order valence-corrected chi connectivity index (χ4v) is 4.91. The topological polar surface area (TPSA) is 72.4 Å². The van der Waals surface area contributed by atoms with Crippen LogP contribution in [0.4, 0.5) is 0 Å². The van der Waals surface area contributed by atoms with E-state index in [0.29, 0.717) is 5.56 Å². The Hall–Kier alpha value is -3.95. The molecule has 0 aromatic heterocycles. The highest BCUT2D eigenvalue weighted by atomic mass is 31.2. The number of hydrogen-bond acceptors (Lipinski definition) is 4. The lowest BCUT2D eigenvalue weighted by Crippen LogP contribution is -2.19. The fourth-order valence-electron chi connectivity index (χ4n) is 4.52. The lowest BCUT2D eigenvalue weighted by molar-refractivity contribution is -0.333. The third-order valence-corrected chi connectivity index (χ3v) is 6.67. The molecule has 5 aromatic rings. The zero-order chi connectivity index (χ0) is 25.7. The fraction of sp³-hybridized carbons (Fsp3) is 0.0625. The summed E-state index contributed by atoms with van der Waals surface area (Å²) in [6, 6.07) is 41.6. The standard InChI is InChI=1S/C32H27O4P/c33-37(34,35)36-31-13-7-12-30(28-18-14-26(15-19-28)22-24-8-3-1-4-9-24)32(31)29-20-16-27(17-21-29)23-25-10-5-2-6-11-25/h1-21H,22-23H2,(H2,33,34,35)/p-2. The molecule has 0 amide bonds. The van der Waals surface area contributed by atoms with Gasteiger partial charge in [-0.25, -0.2) is 0 Å². The van der Waals surface area contributed by atoms with Crippen LogP contribution in [-0.4, -0.2) is 0 Å². The normalized spacial score (nSPS) is 11.3. The maximum absolute atomic E-state index is 11.6. The average molecular weight is 505 g/mol. The molecule has 4 nitrogen and oxygen atoms in total. The summed E-state index contributed by atoms with van der Waals surface area (Å²) in [6.45, 7) is 0. The average Bonchev–Trinajstić information content (AvgIpc) is 2.90. The van der Waals surface area contributed by atoms with Gasteiger partial charge < -0.3 is 18.9 Å². The molecular weight excluding hydrogens is 479 g/mol. The van der Waals surface area contributed by atoms with E-state index in [-0.39, 0.29) is 5.75 Å². The molecule has 0 N–H and O–H groups in total. The molecule has 0 heterocycles. The van der Waals surface area contributed by atoms with E-state index in [4.69, 9.17) is 4.52 Å². The second-order valence-corrected chi connectivity index (χ2v) is 10.0. The molecule has 0 spiro atoms. The van der Waals surface area contributed by atoms with Crippen LogP contribution in [0.25, 0.3) is 22.3 Å². The Labute approximate surface area is 217 Å². The second kappa shape index (κ2) is 11.0. The first-order chi connectivity index (χ1) is 17.9. The molecule has 0 aliphatic rings. The minimum atomic E-state index is -5.25. The van der Waals surface area contributed by atoms with E-state index in [1.54, 1.807) is 6.07 Å². The van der Waals surface area contributed by atoms with Crippen LogP contribution in [0.15, 0.2) is 127 Å². The van der Waals surface area contributed by atoms with Crippen molar-refractivity contribution in [2.24, 2.45) is 0 Å². The van der Waals surface area contributed by atoms with Crippen molar-refractivity contribution in [3.8, 4) is 28.0 Å². The first-order valence-corrected chi connectivity index (χ1v) is 13.5. The van der Waals surface area contributed by atoms with E-state index in [1.807, 2.05) is 78.9 Å². The smallest absolute Gasteiger partial charge is 0.132 e. The van der Waals surface area contributed by atoms with Crippen molar-refractivity contribution < 1.29 is 18.9 Å². The number of hydrogen-bond donors (Lipinski definition) is 0. The van der Waals surface area contributed by atoms with Crippen molar-refractivity contribution >= 4 is 7.82 Å². The molecule has 5 rings (SSSR count). The third kappa shape index (κ3) is 6.44. The van der Waals surface area contributed by atoms with Crippen LogP contribution in [0.3, 0.4) is 0 Å². The van der Waals surface area contributed by atoms with E-state index >= 15 is 0 Å². The molecule has 0 unspecified atom stereocenters. The van der Waals surface area contributed by atoms with Crippen molar-refractivity contribution in [2.45, 2.75) is 12.8 Å². The van der Waals surface area contributed by atoms with E-state index in [0.717, 1.165) is 40.7 Å². The molecule has 0 saturated heterocycles. The quantitative estimate of drug-likeness (QED) is 0.229. The number of rotatable bonds is 8. The van der Waals surface area contributed by atoms with Gasteiger partial charge in [-0.1, -0.05) is 121 Å². The van der Waals surface area contributed by atoms with Crippen LogP contribution in [0.1, 0.15) is 22.3 Å². The SMILES string of the molecule is O=P([O-])([O-])Oc1cccc(-c2ccc(Cc3ccccc3)cc2)c1-c1ccc(Cc2ccccc2)cc1. The molecule has 5 aromatic carbocycles. The molecule has 0 fully saturated rings. The molecule has 184 valence electrons. The third-order valence-electron chi connectivity index (χ3n) is 6.25. The summed E-state index contributed by atoms with van der Waals surface area (Å²) >= 11 is 0. The molecule has 0 radical (unpaired) electrons. The Balaban J connectivity index is 1.50. The molecule has 0 bridgehead atoms. The van der Waals surface area contributed by atoms with Gasteiger partial charge in [0.05, 0.1) is 0 Å². The van der Waals surface area contributed by atoms with Gasteiger partial charge in [0.25, 0.3) is 0 Å². The lowest BCUT2D eigenvalue weighted by Gasteiger charge is -2.30. The lowest BCUT2D eigenvalue weighted by atomic mass is 9.92. The Kier molecular flexibility index (Phi) is 7.34. The maximum Gasteiger partial charge on any atom is 0.132 e. The molecular formula is C32H25O4P-2. The summed E-state index contributed by atoms with van der Waals surface area (Å²) in [4.78, 5) is 23.1. The Morgan fingerprint density at radius 1 is 0.514 bits per heavy atom. The minimum absolute atomic E-state index is 0.0232. The number of phosphoric ester groups is 1. The Bertz CT molecular complexity index is 1510.